The summed E-state index contributed by atoms with van der Waals surface area (Å²) in [6.45, 7) is 4.46. The number of hydrogen-bond donors (Lipinski definition) is 0. The minimum absolute atomic E-state index is 0.00639. The van der Waals surface area contributed by atoms with Crippen LogP contribution < -0.4 is 4.90 Å². The zero-order chi connectivity index (χ0) is 11.3. The number of amides is 1. The Labute approximate surface area is 98.7 Å². The van der Waals surface area contributed by atoms with Crippen LogP contribution in [0, 0.1) is 0 Å². The second-order valence-electron chi connectivity index (χ2n) is 3.03. The molecule has 0 aromatic heterocycles. The average Bonchev–Trinajstić information content (AvgIpc) is 2.22. The van der Waals surface area contributed by atoms with E-state index in [1.807, 2.05) is 38.1 Å². The third-order valence-electron chi connectivity index (χ3n) is 2.03. The van der Waals surface area contributed by atoms with Crippen LogP contribution in [0.3, 0.4) is 0 Å². The second-order valence-corrected chi connectivity index (χ2v) is 3.89. The van der Waals surface area contributed by atoms with Crippen molar-refractivity contribution in [2.24, 2.45) is 0 Å². The molecule has 0 N–H and O–H groups in total. The molecule has 3 heteroatoms. The van der Waals surface area contributed by atoms with Gasteiger partial charge in [-0.25, -0.2) is 0 Å². The molecular weight excluding hydrogens is 254 g/mol. The molecule has 0 heterocycles. The van der Waals surface area contributed by atoms with Gasteiger partial charge in [-0.3, -0.25) is 4.79 Å². The Balaban J connectivity index is 3.02. The number of allylic oxidation sites excluding steroid dienone is 1. The first kappa shape index (κ1) is 12.0. The van der Waals surface area contributed by atoms with Gasteiger partial charge in [0.1, 0.15) is 0 Å². The zero-order valence-electron chi connectivity index (χ0n) is 8.90. The largest absolute Gasteiger partial charge is 0.308 e. The molecule has 0 fully saturated rings. The standard InChI is InChI=1S/C12H14BrNO/c1-3-7-12(15)14(4-2)11-9-6-5-8-10(11)13/h3,5-9H,4H2,1-2H3/b7-3+. The molecular formula is C12H14BrNO. The van der Waals surface area contributed by atoms with E-state index in [1.165, 1.54) is 0 Å². The van der Waals surface area contributed by atoms with Crippen molar-refractivity contribution in [2.75, 3.05) is 11.4 Å². The van der Waals surface area contributed by atoms with Crippen molar-refractivity contribution in [3.8, 4) is 0 Å². The third-order valence-corrected chi connectivity index (χ3v) is 2.71. The number of nitrogens with zero attached hydrogens (tertiary/aromatic N) is 1. The molecule has 2 nitrogen and oxygen atoms in total. The summed E-state index contributed by atoms with van der Waals surface area (Å²) in [6.07, 6.45) is 3.32. The first-order valence-electron chi connectivity index (χ1n) is 4.89. The van der Waals surface area contributed by atoms with Crippen LogP contribution in [-0.4, -0.2) is 12.5 Å². The van der Waals surface area contributed by atoms with Gasteiger partial charge in [0.2, 0.25) is 0 Å². The van der Waals surface area contributed by atoms with Crippen molar-refractivity contribution in [2.45, 2.75) is 13.8 Å². The Bertz CT molecular complexity index is 374. The molecule has 0 aliphatic carbocycles. The van der Waals surface area contributed by atoms with Crippen LogP contribution in [0.4, 0.5) is 5.69 Å². The second kappa shape index (κ2) is 5.71. The van der Waals surface area contributed by atoms with Crippen molar-refractivity contribution in [1.82, 2.24) is 0 Å². The van der Waals surface area contributed by atoms with Gasteiger partial charge in [0.25, 0.3) is 5.91 Å². The van der Waals surface area contributed by atoms with E-state index in [0.717, 1.165) is 10.2 Å². The maximum absolute atomic E-state index is 11.7. The average molecular weight is 268 g/mol. The van der Waals surface area contributed by atoms with Crippen molar-refractivity contribution in [1.29, 1.82) is 0 Å². The molecule has 1 rings (SSSR count). The fourth-order valence-electron chi connectivity index (χ4n) is 1.35. The normalized spacial score (nSPS) is 10.6. The number of para-hydroxylation sites is 1. The van der Waals surface area contributed by atoms with Crippen LogP contribution >= 0.6 is 15.9 Å². The maximum atomic E-state index is 11.7. The van der Waals surface area contributed by atoms with Gasteiger partial charge in [-0.1, -0.05) is 18.2 Å². The first-order valence-corrected chi connectivity index (χ1v) is 5.68. The van der Waals surface area contributed by atoms with Crippen LogP contribution in [0.25, 0.3) is 0 Å². The highest BCUT2D eigenvalue weighted by molar-refractivity contribution is 9.10. The number of anilines is 1. The van der Waals surface area contributed by atoms with Crippen molar-refractivity contribution >= 4 is 27.5 Å². The molecule has 0 aliphatic rings. The number of hydrogen-bond acceptors (Lipinski definition) is 1. The molecule has 1 amide bonds. The Morgan fingerprint density at radius 3 is 2.67 bits per heavy atom. The van der Waals surface area contributed by atoms with E-state index >= 15 is 0 Å². The highest BCUT2D eigenvalue weighted by Crippen LogP contribution is 2.25. The molecule has 1 aromatic rings. The summed E-state index contributed by atoms with van der Waals surface area (Å²) in [5.41, 5.74) is 0.906. The lowest BCUT2D eigenvalue weighted by Crippen LogP contribution is -2.29. The van der Waals surface area contributed by atoms with Gasteiger partial charge in [-0.05, 0) is 48.0 Å². The van der Waals surface area contributed by atoms with Crippen LogP contribution in [0.15, 0.2) is 40.9 Å². The highest BCUT2D eigenvalue weighted by Gasteiger charge is 2.12. The summed E-state index contributed by atoms with van der Waals surface area (Å²) in [5.74, 6) is 0.00639. The fourth-order valence-corrected chi connectivity index (χ4v) is 1.85. The number of carbonyl (C=O) groups excluding carboxylic acids is 1. The van der Waals surface area contributed by atoms with Crippen LogP contribution in [-0.2, 0) is 4.79 Å². The minimum atomic E-state index is 0.00639. The summed E-state index contributed by atoms with van der Waals surface area (Å²) in [4.78, 5) is 13.5. The van der Waals surface area contributed by atoms with E-state index < -0.39 is 0 Å². The molecule has 80 valence electrons. The predicted octanol–water partition coefficient (Wildman–Crippen LogP) is 3.38. The Kier molecular flexibility index (Phi) is 4.56. The lowest BCUT2D eigenvalue weighted by Gasteiger charge is -2.20. The van der Waals surface area contributed by atoms with Gasteiger partial charge in [-0.2, -0.15) is 0 Å². The van der Waals surface area contributed by atoms with E-state index in [4.69, 9.17) is 0 Å². The van der Waals surface area contributed by atoms with E-state index in [9.17, 15) is 4.79 Å². The SMILES string of the molecule is C/C=C/C(=O)N(CC)c1ccccc1Br. The lowest BCUT2D eigenvalue weighted by atomic mass is 10.2. The monoisotopic (exact) mass is 267 g/mol. The Morgan fingerprint density at radius 2 is 2.13 bits per heavy atom. The molecule has 0 spiro atoms. The molecule has 1 aromatic carbocycles. The topological polar surface area (TPSA) is 20.3 Å². The Hall–Kier alpha value is -1.09. The third kappa shape index (κ3) is 2.93. The van der Waals surface area contributed by atoms with Gasteiger partial charge in [0.15, 0.2) is 0 Å². The van der Waals surface area contributed by atoms with Crippen molar-refractivity contribution < 1.29 is 4.79 Å². The quantitative estimate of drug-likeness (QED) is 0.769. The maximum Gasteiger partial charge on any atom is 0.250 e. The van der Waals surface area contributed by atoms with Gasteiger partial charge >= 0.3 is 0 Å². The zero-order valence-corrected chi connectivity index (χ0v) is 10.5. The van der Waals surface area contributed by atoms with E-state index in [-0.39, 0.29) is 5.91 Å². The molecule has 0 unspecified atom stereocenters. The summed E-state index contributed by atoms with van der Waals surface area (Å²) in [5, 5.41) is 0. The van der Waals surface area contributed by atoms with Crippen LogP contribution in [0.5, 0.6) is 0 Å². The number of likely N-dealkylation sites (N-methyl/N-ethyl adjacent to an activating group) is 1. The van der Waals surface area contributed by atoms with Crippen molar-refractivity contribution in [3.63, 3.8) is 0 Å². The summed E-state index contributed by atoms with van der Waals surface area (Å²) in [7, 11) is 0. The van der Waals surface area contributed by atoms with E-state index in [1.54, 1.807) is 17.1 Å². The van der Waals surface area contributed by atoms with Crippen LogP contribution in [0.2, 0.25) is 0 Å². The molecule has 0 bridgehead atoms. The van der Waals surface area contributed by atoms with Gasteiger partial charge in [0, 0.05) is 11.0 Å². The summed E-state index contributed by atoms with van der Waals surface area (Å²) in [6, 6.07) is 7.71. The first-order chi connectivity index (χ1) is 7.20. The number of halogens is 1. The molecule has 0 radical (unpaired) electrons. The molecule has 0 atom stereocenters. The smallest absolute Gasteiger partial charge is 0.250 e. The number of carbonyl (C=O) groups is 1. The van der Waals surface area contributed by atoms with Crippen LogP contribution in [0.1, 0.15) is 13.8 Å². The predicted molar refractivity (Wildman–Crippen MR) is 67.0 cm³/mol. The Morgan fingerprint density at radius 1 is 1.47 bits per heavy atom. The minimum Gasteiger partial charge on any atom is -0.308 e. The van der Waals surface area contributed by atoms with E-state index in [0.29, 0.717) is 6.54 Å². The number of rotatable bonds is 3. The summed E-state index contributed by atoms with van der Waals surface area (Å²) < 4.78 is 0.935. The number of benzene rings is 1. The fraction of sp³-hybridized carbons (Fsp3) is 0.250. The molecule has 15 heavy (non-hydrogen) atoms. The lowest BCUT2D eigenvalue weighted by molar-refractivity contribution is -0.114. The van der Waals surface area contributed by atoms with Gasteiger partial charge < -0.3 is 4.90 Å². The molecule has 0 aliphatic heterocycles. The summed E-state index contributed by atoms with van der Waals surface area (Å²) >= 11 is 3.44. The van der Waals surface area contributed by atoms with Gasteiger partial charge in [0.05, 0.1) is 5.69 Å². The molecule has 0 saturated carbocycles. The van der Waals surface area contributed by atoms with Gasteiger partial charge in [-0.15, -0.1) is 0 Å². The highest BCUT2D eigenvalue weighted by atomic mass is 79.9. The van der Waals surface area contributed by atoms with E-state index in [2.05, 4.69) is 15.9 Å². The molecule has 0 saturated heterocycles. The van der Waals surface area contributed by atoms with Crippen molar-refractivity contribution in [3.05, 3.63) is 40.9 Å².